The van der Waals surface area contributed by atoms with E-state index in [4.69, 9.17) is 0 Å². The summed E-state index contributed by atoms with van der Waals surface area (Å²) in [5, 5.41) is 15.2. The minimum absolute atomic E-state index is 0.0276. The monoisotopic (exact) mass is 253 g/mol. The van der Waals surface area contributed by atoms with Gasteiger partial charge in [0.1, 0.15) is 17.2 Å². The van der Waals surface area contributed by atoms with Crippen molar-refractivity contribution in [2.45, 2.75) is 47.6 Å². The third kappa shape index (κ3) is 2.75. The van der Waals surface area contributed by atoms with Gasteiger partial charge in [0, 0.05) is 12.0 Å². The molecule has 0 saturated heterocycles. The number of aromatic nitrogens is 2. The molecule has 1 aromatic rings. The van der Waals surface area contributed by atoms with E-state index in [-0.39, 0.29) is 17.9 Å². The number of carbonyl (C=O) groups is 1. The number of hydrogen-bond acceptors (Lipinski definition) is 4. The summed E-state index contributed by atoms with van der Waals surface area (Å²) in [7, 11) is 0. The highest BCUT2D eigenvalue weighted by Gasteiger charge is 2.30. The van der Waals surface area contributed by atoms with Crippen LogP contribution in [0.5, 0.6) is 0 Å². The Morgan fingerprint density at radius 2 is 2.00 bits per heavy atom. The topological polar surface area (TPSA) is 78.0 Å². The second-order valence-corrected chi connectivity index (χ2v) is 5.30. The lowest BCUT2D eigenvalue weighted by Crippen LogP contribution is -2.23. The van der Waals surface area contributed by atoms with Gasteiger partial charge in [0.05, 0.1) is 11.3 Å². The molecule has 6 heteroatoms. The zero-order chi connectivity index (χ0) is 14.1. The first-order valence-electron chi connectivity index (χ1n) is 5.92. The molecule has 0 aliphatic rings. The van der Waals surface area contributed by atoms with E-state index in [1.54, 1.807) is 27.7 Å². The predicted molar refractivity (Wildman–Crippen MR) is 67.5 cm³/mol. The minimum atomic E-state index is -0.509. The van der Waals surface area contributed by atoms with Crippen LogP contribution < -0.4 is 0 Å². The molecule has 0 atom stereocenters. The summed E-state index contributed by atoms with van der Waals surface area (Å²) in [6.07, 6.45) is 0.0501. The van der Waals surface area contributed by atoms with Crippen LogP contribution in [0.4, 0.5) is 5.69 Å². The van der Waals surface area contributed by atoms with E-state index < -0.39 is 10.3 Å². The lowest BCUT2D eigenvalue weighted by atomic mass is 9.88. The Morgan fingerprint density at radius 3 is 2.39 bits per heavy atom. The number of nitrogens with zero attached hydrogens (tertiary/aromatic N) is 3. The Balaban J connectivity index is 3.22. The first kappa shape index (κ1) is 14.3. The predicted octanol–water partition coefficient (Wildman–Crippen LogP) is 2.28. The maximum Gasteiger partial charge on any atom is 0.313 e. The van der Waals surface area contributed by atoms with E-state index in [9.17, 15) is 14.9 Å². The molecule has 18 heavy (non-hydrogen) atoms. The van der Waals surface area contributed by atoms with Crippen LogP contribution in [-0.2, 0) is 17.8 Å². The molecule has 0 unspecified atom stereocenters. The third-order valence-corrected chi connectivity index (χ3v) is 2.84. The molecule has 0 radical (unpaired) electrons. The molecule has 0 amide bonds. The maximum atomic E-state index is 12.0. The fourth-order valence-electron chi connectivity index (χ4n) is 1.71. The number of ketones is 1. The quantitative estimate of drug-likeness (QED) is 0.609. The van der Waals surface area contributed by atoms with Gasteiger partial charge in [-0.1, -0.05) is 20.8 Å². The maximum absolute atomic E-state index is 12.0. The van der Waals surface area contributed by atoms with Crippen LogP contribution >= 0.6 is 0 Å². The van der Waals surface area contributed by atoms with Crippen LogP contribution in [0.25, 0.3) is 0 Å². The van der Waals surface area contributed by atoms with Gasteiger partial charge in [-0.05, 0) is 13.8 Å². The van der Waals surface area contributed by atoms with E-state index in [0.717, 1.165) is 0 Å². The Bertz CT molecular complexity index is 483. The average Bonchev–Trinajstić information content (AvgIpc) is 2.53. The van der Waals surface area contributed by atoms with Gasteiger partial charge < -0.3 is 0 Å². The zero-order valence-electron chi connectivity index (χ0n) is 11.5. The van der Waals surface area contributed by atoms with Crippen molar-refractivity contribution in [2.75, 3.05) is 0 Å². The lowest BCUT2D eigenvalue weighted by molar-refractivity contribution is -0.386. The Labute approximate surface area is 106 Å². The number of aryl methyl sites for hydroxylation is 2. The van der Waals surface area contributed by atoms with Crippen LogP contribution in [0.15, 0.2) is 0 Å². The number of Topliss-reactive ketones (excluding diaryl/α,β-unsaturated/α-hetero) is 1. The smallest absolute Gasteiger partial charge is 0.299 e. The van der Waals surface area contributed by atoms with Gasteiger partial charge in [0.25, 0.3) is 0 Å². The highest BCUT2D eigenvalue weighted by molar-refractivity contribution is 5.86. The molecule has 1 rings (SSSR count). The van der Waals surface area contributed by atoms with E-state index in [1.807, 2.05) is 6.92 Å². The number of nitro groups is 1. The molecule has 0 saturated carbocycles. The Hall–Kier alpha value is -1.72. The highest BCUT2D eigenvalue weighted by atomic mass is 16.6. The van der Waals surface area contributed by atoms with Gasteiger partial charge in [-0.3, -0.25) is 19.6 Å². The van der Waals surface area contributed by atoms with Crippen molar-refractivity contribution < 1.29 is 9.72 Å². The number of rotatable bonds is 4. The second-order valence-electron chi connectivity index (χ2n) is 5.30. The average molecular weight is 253 g/mol. The molecule has 0 aliphatic heterocycles. The molecule has 0 N–H and O–H groups in total. The zero-order valence-corrected chi connectivity index (χ0v) is 11.5. The van der Waals surface area contributed by atoms with Crippen LogP contribution in [0, 0.1) is 22.5 Å². The lowest BCUT2D eigenvalue weighted by Gasteiger charge is -2.16. The normalized spacial score (nSPS) is 11.6. The molecule has 0 fully saturated rings. The standard InChI is InChI=1S/C12H19N3O3/c1-6-14-9(7-10(16)12(3,4)5)11(15(17)18)8(2)13-14/h6-7H2,1-5H3. The Kier molecular flexibility index (Phi) is 3.88. The molecule has 0 aliphatic carbocycles. The summed E-state index contributed by atoms with van der Waals surface area (Å²) in [6.45, 7) is 9.38. The summed E-state index contributed by atoms with van der Waals surface area (Å²) in [5.74, 6) is -0.0276. The molecule has 6 nitrogen and oxygen atoms in total. The Morgan fingerprint density at radius 1 is 1.44 bits per heavy atom. The molecule has 1 heterocycles. The van der Waals surface area contributed by atoms with Crippen LogP contribution in [0.2, 0.25) is 0 Å². The van der Waals surface area contributed by atoms with Crippen LogP contribution in [0.1, 0.15) is 39.1 Å². The third-order valence-electron chi connectivity index (χ3n) is 2.84. The van der Waals surface area contributed by atoms with Gasteiger partial charge in [-0.2, -0.15) is 5.10 Å². The van der Waals surface area contributed by atoms with Crippen LogP contribution in [-0.4, -0.2) is 20.5 Å². The number of carbonyl (C=O) groups excluding carboxylic acids is 1. The molecule has 0 aromatic carbocycles. The van der Waals surface area contributed by atoms with E-state index in [0.29, 0.717) is 17.9 Å². The van der Waals surface area contributed by atoms with Crippen LogP contribution in [0.3, 0.4) is 0 Å². The summed E-state index contributed by atoms with van der Waals surface area (Å²) in [4.78, 5) is 22.6. The number of hydrogen-bond donors (Lipinski definition) is 0. The van der Waals surface area contributed by atoms with Gasteiger partial charge in [0.15, 0.2) is 0 Å². The molecule has 0 bridgehead atoms. The first-order chi connectivity index (χ1) is 8.18. The fraction of sp³-hybridized carbons (Fsp3) is 0.667. The van der Waals surface area contributed by atoms with Gasteiger partial charge in [-0.25, -0.2) is 0 Å². The molecule has 1 aromatic heterocycles. The van der Waals surface area contributed by atoms with Crippen molar-refractivity contribution >= 4 is 11.5 Å². The first-order valence-corrected chi connectivity index (χ1v) is 5.92. The molecular formula is C12H19N3O3. The van der Waals surface area contributed by atoms with E-state index in [1.165, 1.54) is 4.68 Å². The SMILES string of the molecule is CCn1nc(C)c([N+](=O)[O-])c1CC(=O)C(C)(C)C. The van der Waals surface area contributed by atoms with E-state index >= 15 is 0 Å². The van der Waals surface area contributed by atoms with Crippen molar-refractivity contribution in [1.82, 2.24) is 9.78 Å². The summed E-state index contributed by atoms with van der Waals surface area (Å²) in [6, 6.07) is 0. The molecule has 0 spiro atoms. The molecule has 100 valence electrons. The van der Waals surface area contributed by atoms with E-state index in [2.05, 4.69) is 5.10 Å². The highest BCUT2D eigenvalue weighted by Crippen LogP contribution is 2.26. The van der Waals surface area contributed by atoms with Crippen molar-refractivity contribution in [3.8, 4) is 0 Å². The van der Waals surface area contributed by atoms with Gasteiger partial charge in [-0.15, -0.1) is 0 Å². The van der Waals surface area contributed by atoms with Gasteiger partial charge in [0.2, 0.25) is 0 Å². The van der Waals surface area contributed by atoms with Crippen molar-refractivity contribution in [3.63, 3.8) is 0 Å². The fourth-order valence-corrected chi connectivity index (χ4v) is 1.71. The van der Waals surface area contributed by atoms with Crippen molar-refractivity contribution in [1.29, 1.82) is 0 Å². The largest absolute Gasteiger partial charge is 0.313 e. The summed E-state index contributed by atoms with van der Waals surface area (Å²) < 4.78 is 1.54. The van der Waals surface area contributed by atoms with Crippen molar-refractivity contribution in [3.05, 3.63) is 21.5 Å². The summed E-state index contributed by atoms with van der Waals surface area (Å²) in [5.41, 5.74) is 0.220. The minimum Gasteiger partial charge on any atom is -0.299 e. The summed E-state index contributed by atoms with van der Waals surface area (Å²) >= 11 is 0. The second kappa shape index (κ2) is 4.88. The molecular weight excluding hydrogens is 234 g/mol. The van der Waals surface area contributed by atoms with Crippen molar-refractivity contribution in [2.24, 2.45) is 5.41 Å². The van der Waals surface area contributed by atoms with Gasteiger partial charge >= 0.3 is 5.69 Å².